The molecule has 1 atom stereocenters. The molecular formula is C12H15ClN2O2. The van der Waals surface area contributed by atoms with E-state index >= 15 is 0 Å². The Hall–Kier alpha value is -1.42. The van der Waals surface area contributed by atoms with Crippen molar-refractivity contribution < 1.29 is 9.53 Å². The van der Waals surface area contributed by atoms with E-state index in [2.05, 4.69) is 5.32 Å². The second kappa shape index (κ2) is 4.45. The Morgan fingerprint density at radius 3 is 2.88 bits per heavy atom. The number of nitrogens with one attached hydrogen (secondary N) is 1. The summed E-state index contributed by atoms with van der Waals surface area (Å²) in [5.41, 5.74) is 1.74. The maximum Gasteiger partial charge on any atom is 0.321 e. The zero-order chi connectivity index (χ0) is 12.6. The summed E-state index contributed by atoms with van der Waals surface area (Å²) in [6.45, 7) is 1.99. The number of benzene rings is 1. The molecule has 5 heteroatoms. The molecule has 1 unspecified atom stereocenters. The average molecular weight is 255 g/mol. The van der Waals surface area contributed by atoms with Crippen molar-refractivity contribution in [1.29, 1.82) is 0 Å². The fourth-order valence-corrected chi connectivity index (χ4v) is 2.08. The SMILES string of the molecule is CC1Cc2cc(NC(=O)N(C)C)cc(Cl)c2O1. The van der Waals surface area contributed by atoms with E-state index in [-0.39, 0.29) is 12.1 Å². The number of fused-ring (bicyclic) bond motifs is 1. The number of amides is 2. The van der Waals surface area contributed by atoms with Crippen molar-refractivity contribution >= 4 is 23.3 Å². The van der Waals surface area contributed by atoms with Gasteiger partial charge in [-0.25, -0.2) is 4.79 Å². The molecule has 1 heterocycles. The van der Waals surface area contributed by atoms with Crippen LogP contribution in [0.2, 0.25) is 5.02 Å². The van der Waals surface area contributed by atoms with E-state index in [1.165, 1.54) is 4.90 Å². The number of nitrogens with zero attached hydrogens (tertiary/aromatic N) is 1. The number of carbonyl (C=O) groups is 1. The van der Waals surface area contributed by atoms with Gasteiger partial charge in [0.25, 0.3) is 0 Å². The summed E-state index contributed by atoms with van der Waals surface area (Å²) >= 11 is 6.11. The third-order valence-electron chi connectivity index (χ3n) is 2.60. The van der Waals surface area contributed by atoms with E-state index in [0.717, 1.165) is 17.7 Å². The first-order valence-electron chi connectivity index (χ1n) is 5.44. The molecule has 0 bridgehead atoms. The molecule has 1 aliphatic rings. The van der Waals surface area contributed by atoms with E-state index in [4.69, 9.17) is 16.3 Å². The van der Waals surface area contributed by atoms with Crippen LogP contribution in [0, 0.1) is 0 Å². The van der Waals surface area contributed by atoms with Gasteiger partial charge >= 0.3 is 6.03 Å². The van der Waals surface area contributed by atoms with Crippen molar-refractivity contribution in [3.05, 3.63) is 22.7 Å². The summed E-state index contributed by atoms with van der Waals surface area (Å²) in [6, 6.07) is 3.44. The van der Waals surface area contributed by atoms with Crippen molar-refractivity contribution in [1.82, 2.24) is 4.90 Å². The fraction of sp³-hybridized carbons (Fsp3) is 0.417. The third kappa shape index (κ3) is 2.47. The Bertz CT molecular complexity index is 460. The molecule has 17 heavy (non-hydrogen) atoms. The van der Waals surface area contributed by atoms with Gasteiger partial charge in [0.2, 0.25) is 0 Å². The van der Waals surface area contributed by atoms with Crippen LogP contribution in [0.15, 0.2) is 12.1 Å². The molecule has 1 aliphatic heterocycles. The van der Waals surface area contributed by atoms with E-state index in [1.54, 1.807) is 20.2 Å². The van der Waals surface area contributed by atoms with Crippen LogP contribution in [0.4, 0.5) is 10.5 Å². The average Bonchev–Trinajstić information content (AvgIpc) is 2.59. The highest BCUT2D eigenvalue weighted by Gasteiger charge is 2.22. The minimum Gasteiger partial charge on any atom is -0.489 e. The van der Waals surface area contributed by atoms with Crippen LogP contribution in [0.1, 0.15) is 12.5 Å². The molecule has 0 aromatic heterocycles. The summed E-state index contributed by atoms with van der Waals surface area (Å²) in [5, 5.41) is 3.32. The summed E-state index contributed by atoms with van der Waals surface area (Å²) in [5.74, 6) is 0.738. The van der Waals surface area contributed by atoms with Gasteiger partial charge in [0.15, 0.2) is 0 Å². The molecule has 1 aromatic carbocycles. The molecule has 2 rings (SSSR count). The molecule has 0 radical (unpaired) electrons. The van der Waals surface area contributed by atoms with Crippen LogP contribution in [-0.2, 0) is 6.42 Å². The van der Waals surface area contributed by atoms with E-state index in [9.17, 15) is 4.79 Å². The largest absolute Gasteiger partial charge is 0.489 e. The van der Waals surface area contributed by atoms with Crippen molar-refractivity contribution in [3.8, 4) is 5.75 Å². The first-order valence-corrected chi connectivity index (χ1v) is 5.82. The molecule has 1 N–H and O–H groups in total. The fourth-order valence-electron chi connectivity index (χ4n) is 1.79. The van der Waals surface area contributed by atoms with Crippen molar-refractivity contribution in [2.75, 3.05) is 19.4 Å². The van der Waals surface area contributed by atoms with Gasteiger partial charge in [0.1, 0.15) is 11.9 Å². The van der Waals surface area contributed by atoms with Gasteiger partial charge < -0.3 is 15.0 Å². The van der Waals surface area contributed by atoms with Crippen LogP contribution < -0.4 is 10.1 Å². The summed E-state index contributed by atoms with van der Waals surface area (Å²) < 4.78 is 5.59. The number of hydrogen-bond donors (Lipinski definition) is 1. The van der Waals surface area contributed by atoms with Gasteiger partial charge in [-0.1, -0.05) is 11.6 Å². The van der Waals surface area contributed by atoms with Gasteiger partial charge in [-0.2, -0.15) is 0 Å². The number of carbonyl (C=O) groups excluding carboxylic acids is 1. The van der Waals surface area contributed by atoms with Gasteiger partial charge in [0, 0.05) is 31.8 Å². The predicted octanol–water partition coefficient (Wildman–Crippen LogP) is 2.76. The molecule has 0 spiro atoms. The van der Waals surface area contributed by atoms with E-state index in [0.29, 0.717) is 10.7 Å². The molecule has 4 nitrogen and oxygen atoms in total. The number of ether oxygens (including phenoxy) is 1. The third-order valence-corrected chi connectivity index (χ3v) is 2.89. The topological polar surface area (TPSA) is 41.6 Å². The molecule has 2 amide bonds. The molecule has 0 saturated heterocycles. The lowest BCUT2D eigenvalue weighted by Gasteiger charge is -2.13. The normalized spacial score (nSPS) is 17.3. The quantitative estimate of drug-likeness (QED) is 0.837. The zero-order valence-corrected chi connectivity index (χ0v) is 10.8. The monoisotopic (exact) mass is 254 g/mol. The summed E-state index contributed by atoms with van der Waals surface area (Å²) in [7, 11) is 3.38. The second-order valence-corrected chi connectivity index (χ2v) is 4.81. The Morgan fingerprint density at radius 1 is 1.53 bits per heavy atom. The van der Waals surface area contributed by atoms with Gasteiger partial charge in [-0.3, -0.25) is 0 Å². The number of hydrogen-bond acceptors (Lipinski definition) is 2. The zero-order valence-electron chi connectivity index (χ0n) is 10.1. The first-order chi connectivity index (χ1) is 7.97. The highest BCUT2D eigenvalue weighted by molar-refractivity contribution is 6.32. The van der Waals surface area contributed by atoms with E-state index in [1.807, 2.05) is 13.0 Å². The van der Waals surface area contributed by atoms with Crippen LogP contribution in [-0.4, -0.2) is 31.1 Å². The number of anilines is 1. The maximum atomic E-state index is 11.5. The smallest absolute Gasteiger partial charge is 0.321 e. The number of urea groups is 1. The number of rotatable bonds is 1. The van der Waals surface area contributed by atoms with Crippen molar-refractivity contribution in [3.63, 3.8) is 0 Å². The Labute approximate surface area is 106 Å². The van der Waals surface area contributed by atoms with Gasteiger partial charge in [-0.05, 0) is 19.1 Å². The molecule has 92 valence electrons. The molecule has 0 fully saturated rings. The van der Waals surface area contributed by atoms with Crippen molar-refractivity contribution in [2.24, 2.45) is 0 Å². The summed E-state index contributed by atoms with van der Waals surface area (Å²) in [4.78, 5) is 13.0. The Morgan fingerprint density at radius 2 is 2.24 bits per heavy atom. The van der Waals surface area contributed by atoms with Crippen LogP contribution in [0.3, 0.4) is 0 Å². The lowest BCUT2D eigenvalue weighted by atomic mass is 10.1. The predicted molar refractivity (Wildman–Crippen MR) is 68.0 cm³/mol. The lowest BCUT2D eigenvalue weighted by Crippen LogP contribution is -2.27. The van der Waals surface area contributed by atoms with E-state index < -0.39 is 0 Å². The minimum atomic E-state index is -0.173. The molecule has 0 aliphatic carbocycles. The Kier molecular flexibility index (Phi) is 3.15. The van der Waals surface area contributed by atoms with Crippen LogP contribution >= 0.6 is 11.6 Å². The number of halogens is 1. The molecule has 1 aromatic rings. The highest BCUT2D eigenvalue weighted by Crippen LogP contribution is 2.38. The van der Waals surface area contributed by atoms with Gasteiger partial charge in [-0.15, -0.1) is 0 Å². The second-order valence-electron chi connectivity index (χ2n) is 4.40. The molecule has 0 saturated carbocycles. The minimum absolute atomic E-state index is 0.141. The summed E-state index contributed by atoms with van der Waals surface area (Å²) in [6.07, 6.45) is 0.961. The standard InChI is InChI=1S/C12H15ClN2O2/c1-7-4-8-5-9(14-12(16)15(2)3)6-10(13)11(8)17-7/h5-7H,4H2,1-3H3,(H,14,16). The highest BCUT2D eigenvalue weighted by atomic mass is 35.5. The molecular weight excluding hydrogens is 240 g/mol. The van der Waals surface area contributed by atoms with Crippen LogP contribution in [0.5, 0.6) is 5.75 Å². The lowest BCUT2D eigenvalue weighted by molar-refractivity contribution is 0.230. The van der Waals surface area contributed by atoms with Crippen molar-refractivity contribution in [2.45, 2.75) is 19.4 Å². The maximum absolute atomic E-state index is 11.5. The Balaban J connectivity index is 2.24. The first kappa shape index (κ1) is 12.0. The van der Waals surface area contributed by atoms with Crippen LogP contribution in [0.25, 0.3) is 0 Å². The van der Waals surface area contributed by atoms with Gasteiger partial charge in [0.05, 0.1) is 5.02 Å².